The number of benzene rings is 2. The van der Waals surface area contributed by atoms with Crippen molar-refractivity contribution in [1.29, 1.82) is 0 Å². The van der Waals surface area contributed by atoms with Crippen LogP contribution in [0.1, 0.15) is 91.7 Å². The SMILES string of the molecule is CC(C)C[C@H](NC(=O)[C@@H](NC(=O)[C@@H](N)CCC(=O)O)C(C)C)C(=O)N[C@H](Cc1ccccc1)[C@@H](O)C(=O)N1CSC(C)(C)C1C(=O)N[C@@H](C)C(=O)N[C@@H](CCC(=O)O)C(=O)N[C@@H](Cc1ccccc1)C(=O)O. The maximum Gasteiger partial charge on any atom is 0.326 e. The molecule has 0 saturated carbocycles. The van der Waals surface area contributed by atoms with Crippen LogP contribution in [0.2, 0.25) is 0 Å². The lowest BCUT2D eigenvalue weighted by atomic mass is 9.96. The van der Waals surface area contributed by atoms with Crippen LogP contribution in [0.3, 0.4) is 0 Å². The lowest BCUT2D eigenvalue weighted by molar-refractivity contribution is -0.148. The maximum absolute atomic E-state index is 14.5. The molecule has 9 atom stereocenters. The highest BCUT2D eigenvalue weighted by Crippen LogP contribution is 2.40. The number of carboxylic acids is 3. The molecule has 0 aromatic heterocycles. The van der Waals surface area contributed by atoms with Crippen molar-refractivity contribution in [3.63, 3.8) is 0 Å². The number of nitrogens with two attached hydrogens (primary N) is 1. The van der Waals surface area contributed by atoms with Crippen LogP contribution in [-0.4, -0.2) is 150 Å². The monoisotopic (exact) mass is 1030 g/mol. The Morgan fingerprint density at radius 3 is 1.69 bits per heavy atom. The van der Waals surface area contributed by atoms with E-state index < -0.39 is 137 Å². The molecule has 2 aromatic carbocycles. The number of thioether (sulfide) groups is 1. The van der Waals surface area contributed by atoms with Gasteiger partial charge >= 0.3 is 17.9 Å². The van der Waals surface area contributed by atoms with Gasteiger partial charge in [-0.1, -0.05) is 88.4 Å². The molecule has 0 radical (unpaired) electrons. The number of carbonyl (C=O) groups excluding carboxylic acids is 7. The first-order chi connectivity index (χ1) is 33.7. The third kappa shape index (κ3) is 18.5. The molecule has 0 spiro atoms. The summed E-state index contributed by atoms with van der Waals surface area (Å²) in [7, 11) is 0. The number of rotatable bonds is 28. The van der Waals surface area contributed by atoms with Gasteiger partial charge in [-0.05, 0) is 69.4 Å². The molecule has 3 rings (SSSR count). The molecule has 23 heteroatoms. The second kappa shape index (κ2) is 27.9. The van der Waals surface area contributed by atoms with Crippen molar-refractivity contribution in [3.8, 4) is 0 Å². The molecule has 396 valence electrons. The first-order valence-electron chi connectivity index (χ1n) is 23.7. The van der Waals surface area contributed by atoms with E-state index >= 15 is 0 Å². The van der Waals surface area contributed by atoms with Gasteiger partial charge in [0, 0.05) is 24.0 Å². The molecule has 1 heterocycles. The number of carboxylic acid groups (broad SMARTS) is 3. The Morgan fingerprint density at radius 1 is 0.653 bits per heavy atom. The number of nitrogens with one attached hydrogen (secondary N) is 6. The predicted octanol–water partition coefficient (Wildman–Crippen LogP) is 0.285. The molecule has 0 bridgehead atoms. The zero-order chi connectivity index (χ0) is 54.0. The number of amides is 7. The van der Waals surface area contributed by atoms with Crippen molar-refractivity contribution in [3.05, 3.63) is 71.8 Å². The molecule has 1 saturated heterocycles. The van der Waals surface area contributed by atoms with Gasteiger partial charge in [-0.3, -0.25) is 43.2 Å². The first-order valence-corrected chi connectivity index (χ1v) is 24.6. The second-order valence-corrected chi connectivity index (χ2v) is 20.7. The molecule has 1 aliphatic heterocycles. The number of aliphatic hydroxyl groups is 1. The Hall–Kier alpha value is -6.59. The number of hydrogen-bond acceptors (Lipinski definition) is 13. The summed E-state index contributed by atoms with van der Waals surface area (Å²) in [6.07, 6.45) is -3.64. The Balaban J connectivity index is 1.84. The van der Waals surface area contributed by atoms with Gasteiger partial charge in [-0.15, -0.1) is 11.8 Å². The van der Waals surface area contributed by atoms with Crippen molar-refractivity contribution in [2.75, 3.05) is 5.88 Å². The zero-order valence-corrected chi connectivity index (χ0v) is 42.4. The fraction of sp³-hybridized carbons (Fsp3) is 0.551. The van der Waals surface area contributed by atoms with Crippen molar-refractivity contribution < 1.29 is 68.4 Å². The highest BCUT2D eigenvalue weighted by molar-refractivity contribution is 8.00. The van der Waals surface area contributed by atoms with E-state index in [1.165, 1.54) is 18.7 Å². The van der Waals surface area contributed by atoms with Crippen LogP contribution in [0, 0.1) is 11.8 Å². The Labute approximate surface area is 422 Å². The van der Waals surface area contributed by atoms with Crippen LogP contribution in [-0.2, 0) is 60.8 Å². The maximum atomic E-state index is 14.5. The molecule has 72 heavy (non-hydrogen) atoms. The average Bonchev–Trinajstić information content (AvgIpc) is 3.64. The molecule has 12 N–H and O–H groups in total. The van der Waals surface area contributed by atoms with Crippen molar-refractivity contribution in [2.45, 2.75) is 153 Å². The van der Waals surface area contributed by atoms with Crippen LogP contribution in [0.25, 0.3) is 0 Å². The third-order valence-corrected chi connectivity index (χ3v) is 13.2. The number of hydrogen-bond donors (Lipinski definition) is 11. The number of carbonyl (C=O) groups is 10. The summed E-state index contributed by atoms with van der Waals surface area (Å²) >= 11 is 1.20. The number of nitrogens with zero attached hydrogens (tertiary/aromatic N) is 1. The molecule has 1 fully saturated rings. The normalized spacial score (nSPS) is 17.4. The van der Waals surface area contributed by atoms with Gasteiger partial charge in [0.25, 0.3) is 5.91 Å². The van der Waals surface area contributed by atoms with E-state index in [1.807, 2.05) is 0 Å². The van der Waals surface area contributed by atoms with Crippen molar-refractivity contribution in [1.82, 2.24) is 36.8 Å². The van der Waals surface area contributed by atoms with Crippen molar-refractivity contribution >= 4 is 71.0 Å². The molecule has 7 amide bonds. The van der Waals surface area contributed by atoms with Gasteiger partial charge in [0.15, 0.2) is 6.10 Å². The predicted molar refractivity (Wildman–Crippen MR) is 264 cm³/mol. The van der Waals surface area contributed by atoms with Gasteiger partial charge in [0.1, 0.15) is 36.3 Å². The van der Waals surface area contributed by atoms with Gasteiger partial charge < -0.3 is 63.0 Å². The van der Waals surface area contributed by atoms with Gasteiger partial charge in [-0.25, -0.2) is 4.79 Å². The Bertz CT molecular complexity index is 2230. The quantitative estimate of drug-likeness (QED) is 0.0546. The van der Waals surface area contributed by atoms with E-state index in [0.29, 0.717) is 11.1 Å². The molecule has 0 aliphatic carbocycles. The Kier molecular flexibility index (Phi) is 23.1. The van der Waals surface area contributed by atoms with Crippen LogP contribution < -0.4 is 37.6 Å². The molecule has 1 aliphatic rings. The first kappa shape index (κ1) is 59.7. The summed E-state index contributed by atoms with van der Waals surface area (Å²) in [6, 6.07) is 6.37. The van der Waals surface area contributed by atoms with Crippen LogP contribution in [0.4, 0.5) is 0 Å². The summed E-state index contributed by atoms with van der Waals surface area (Å²) in [5.74, 6) is -10.6. The molecule has 1 unspecified atom stereocenters. The zero-order valence-electron chi connectivity index (χ0n) is 41.6. The fourth-order valence-electron chi connectivity index (χ4n) is 7.83. The van der Waals surface area contributed by atoms with E-state index in [4.69, 9.17) is 10.8 Å². The summed E-state index contributed by atoms with van der Waals surface area (Å²) in [4.78, 5) is 132. The summed E-state index contributed by atoms with van der Waals surface area (Å²) < 4.78 is -1.02. The van der Waals surface area contributed by atoms with E-state index in [9.17, 15) is 63.3 Å². The molecular weight excluding hydrogens is 957 g/mol. The summed E-state index contributed by atoms with van der Waals surface area (Å²) in [6.45, 7) is 11.5. The smallest absolute Gasteiger partial charge is 0.326 e. The summed E-state index contributed by atoms with van der Waals surface area (Å²) in [5.41, 5.74) is 7.09. The fourth-order valence-corrected chi connectivity index (χ4v) is 8.97. The minimum atomic E-state index is -1.98. The minimum Gasteiger partial charge on any atom is -0.481 e. The molecular formula is C49H70N8O14S. The largest absolute Gasteiger partial charge is 0.481 e. The van der Waals surface area contributed by atoms with Gasteiger partial charge in [0.2, 0.25) is 35.4 Å². The van der Waals surface area contributed by atoms with E-state index in [2.05, 4.69) is 31.9 Å². The van der Waals surface area contributed by atoms with Crippen molar-refractivity contribution in [2.24, 2.45) is 17.6 Å². The van der Waals surface area contributed by atoms with E-state index in [-0.39, 0.29) is 43.9 Å². The van der Waals surface area contributed by atoms with Gasteiger partial charge in [0.05, 0.1) is 18.0 Å². The summed E-state index contributed by atoms with van der Waals surface area (Å²) in [5, 5.41) is 55.5. The lowest BCUT2D eigenvalue weighted by Crippen LogP contribution is -2.62. The standard InChI is InChI=1S/C49H70N8O14S/c1-26(2)22-34(54-45(67)38(27(3)4)56-42(64)31(50)18-20-36(58)59)44(66)53-33(23-29-14-10-8-11-15-29)39(62)47(69)57-25-72-49(6,7)40(57)46(68)51-28(5)41(63)52-32(19-21-37(60)61)43(65)55-35(48(70)71)24-30-16-12-9-13-17-30/h8-17,26-28,31-35,38-40,62H,18-25,50H2,1-7H3,(H,51,68)(H,52,63)(H,53,66)(H,54,67)(H,55,65)(H,56,64)(H,58,59)(H,60,61)(H,70,71)/t28-,31-,32-,33+,34-,35-,38-,39+,40?/m0/s1. The second-order valence-electron chi connectivity index (χ2n) is 19.1. The highest BCUT2D eigenvalue weighted by Gasteiger charge is 2.50. The number of aliphatic hydroxyl groups excluding tert-OH is 1. The molecule has 2 aromatic rings. The minimum absolute atomic E-state index is 0.0869. The third-order valence-electron chi connectivity index (χ3n) is 11.9. The highest BCUT2D eigenvalue weighted by atomic mass is 32.2. The molecule has 22 nitrogen and oxygen atoms in total. The lowest BCUT2D eigenvalue weighted by Gasteiger charge is -2.34. The van der Waals surface area contributed by atoms with E-state index in [1.54, 1.807) is 102 Å². The van der Waals surface area contributed by atoms with Crippen LogP contribution in [0.15, 0.2) is 60.7 Å². The number of aliphatic carboxylic acids is 3. The van der Waals surface area contributed by atoms with Crippen LogP contribution >= 0.6 is 11.8 Å². The average molecular weight is 1030 g/mol. The van der Waals surface area contributed by atoms with Crippen LogP contribution in [0.5, 0.6) is 0 Å². The Morgan fingerprint density at radius 2 is 1.17 bits per heavy atom. The van der Waals surface area contributed by atoms with Gasteiger partial charge in [-0.2, -0.15) is 0 Å². The van der Waals surface area contributed by atoms with E-state index in [0.717, 1.165) is 4.90 Å². The topological polar surface area (TPSA) is 353 Å².